The van der Waals surface area contributed by atoms with Crippen molar-refractivity contribution in [2.75, 3.05) is 0 Å². The molecule has 0 saturated heterocycles. The molecule has 2 N–H and O–H groups in total. The maximum atomic E-state index is 13.0. The SMILES string of the molecule is CC(C)c1[nH]nc(C(=O)NC(C)c2nc(-c3ccc(F)cc3)no2)c1Br. The molecule has 3 aromatic rings. The molecule has 26 heavy (non-hydrogen) atoms. The van der Waals surface area contributed by atoms with Crippen LogP contribution in [0.15, 0.2) is 33.3 Å². The Bertz CT molecular complexity index is 920. The lowest BCUT2D eigenvalue weighted by Gasteiger charge is -2.08. The minimum Gasteiger partial charge on any atom is -0.339 e. The number of rotatable bonds is 5. The van der Waals surface area contributed by atoms with E-state index >= 15 is 0 Å². The average molecular weight is 422 g/mol. The maximum Gasteiger partial charge on any atom is 0.273 e. The normalized spacial score (nSPS) is 12.4. The van der Waals surface area contributed by atoms with Crippen LogP contribution in [0, 0.1) is 5.82 Å². The van der Waals surface area contributed by atoms with Gasteiger partial charge in [0, 0.05) is 5.56 Å². The zero-order valence-electron chi connectivity index (χ0n) is 14.4. The number of carbonyl (C=O) groups excluding carboxylic acids is 1. The topological polar surface area (TPSA) is 96.7 Å². The van der Waals surface area contributed by atoms with Gasteiger partial charge < -0.3 is 9.84 Å². The molecular formula is C17H17BrFN5O2. The lowest BCUT2D eigenvalue weighted by atomic mass is 10.1. The summed E-state index contributed by atoms with van der Waals surface area (Å²) in [7, 11) is 0. The highest BCUT2D eigenvalue weighted by atomic mass is 79.9. The third kappa shape index (κ3) is 3.67. The monoisotopic (exact) mass is 421 g/mol. The van der Waals surface area contributed by atoms with E-state index in [-0.39, 0.29) is 29.2 Å². The van der Waals surface area contributed by atoms with Gasteiger partial charge in [0.1, 0.15) is 11.9 Å². The molecule has 2 aromatic heterocycles. The summed E-state index contributed by atoms with van der Waals surface area (Å²) in [6.07, 6.45) is 0. The van der Waals surface area contributed by atoms with Crippen molar-refractivity contribution >= 4 is 21.8 Å². The van der Waals surface area contributed by atoms with Crippen LogP contribution in [0.25, 0.3) is 11.4 Å². The molecule has 0 aliphatic carbocycles. The number of nitrogens with one attached hydrogen (secondary N) is 2. The Morgan fingerprint density at radius 1 is 1.27 bits per heavy atom. The van der Waals surface area contributed by atoms with Crippen LogP contribution in [0.1, 0.15) is 54.8 Å². The Morgan fingerprint density at radius 2 is 1.96 bits per heavy atom. The van der Waals surface area contributed by atoms with Gasteiger partial charge in [-0.2, -0.15) is 10.1 Å². The third-order valence-corrected chi connectivity index (χ3v) is 4.59. The summed E-state index contributed by atoms with van der Waals surface area (Å²) in [5, 5.41) is 13.6. The van der Waals surface area contributed by atoms with Crippen molar-refractivity contribution in [3.05, 3.63) is 51.8 Å². The summed E-state index contributed by atoms with van der Waals surface area (Å²) in [4.78, 5) is 16.7. The number of hydrogen-bond acceptors (Lipinski definition) is 5. The summed E-state index contributed by atoms with van der Waals surface area (Å²) in [6, 6.07) is 5.23. The molecule has 0 radical (unpaired) electrons. The largest absolute Gasteiger partial charge is 0.339 e. The van der Waals surface area contributed by atoms with E-state index in [4.69, 9.17) is 4.52 Å². The van der Waals surface area contributed by atoms with E-state index in [1.54, 1.807) is 19.1 Å². The Hall–Kier alpha value is -2.55. The number of nitrogens with zero attached hydrogens (tertiary/aromatic N) is 3. The first kappa shape index (κ1) is 18.2. The average Bonchev–Trinajstić information content (AvgIpc) is 3.22. The number of aromatic nitrogens is 4. The van der Waals surface area contributed by atoms with E-state index in [1.165, 1.54) is 12.1 Å². The molecule has 0 fully saturated rings. The Morgan fingerprint density at radius 3 is 2.58 bits per heavy atom. The second-order valence-corrected chi connectivity index (χ2v) is 6.91. The Balaban J connectivity index is 1.73. The van der Waals surface area contributed by atoms with Crippen molar-refractivity contribution in [2.45, 2.75) is 32.7 Å². The number of hydrogen-bond donors (Lipinski definition) is 2. The molecule has 136 valence electrons. The van der Waals surface area contributed by atoms with Gasteiger partial charge in [-0.05, 0) is 53.0 Å². The van der Waals surface area contributed by atoms with Gasteiger partial charge in [0.2, 0.25) is 11.7 Å². The first-order valence-electron chi connectivity index (χ1n) is 8.01. The van der Waals surface area contributed by atoms with Crippen LogP contribution >= 0.6 is 15.9 Å². The fourth-order valence-corrected chi connectivity index (χ4v) is 3.14. The van der Waals surface area contributed by atoms with Crippen LogP contribution in [0.2, 0.25) is 0 Å². The molecule has 0 aliphatic heterocycles. The maximum absolute atomic E-state index is 13.0. The molecule has 1 atom stereocenters. The van der Waals surface area contributed by atoms with Crippen LogP contribution in [0.4, 0.5) is 4.39 Å². The number of H-pyrrole nitrogens is 1. The summed E-state index contributed by atoms with van der Waals surface area (Å²) < 4.78 is 18.8. The highest BCUT2D eigenvalue weighted by Gasteiger charge is 2.23. The molecule has 0 spiro atoms. The molecule has 2 heterocycles. The summed E-state index contributed by atoms with van der Waals surface area (Å²) in [6.45, 7) is 5.72. The predicted molar refractivity (Wildman–Crippen MR) is 95.9 cm³/mol. The van der Waals surface area contributed by atoms with E-state index < -0.39 is 6.04 Å². The van der Waals surface area contributed by atoms with Crippen molar-refractivity contribution in [3.8, 4) is 11.4 Å². The molecule has 0 saturated carbocycles. The number of halogens is 2. The first-order chi connectivity index (χ1) is 12.4. The molecule has 1 aromatic carbocycles. The van der Waals surface area contributed by atoms with Gasteiger partial charge in [0.25, 0.3) is 5.91 Å². The van der Waals surface area contributed by atoms with Gasteiger partial charge in [0.15, 0.2) is 5.69 Å². The zero-order chi connectivity index (χ0) is 18.8. The summed E-state index contributed by atoms with van der Waals surface area (Å²) in [5.41, 5.74) is 1.73. The zero-order valence-corrected chi connectivity index (χ0v) is 16.0. The van der Waals surface area contributed by atoms with E-state index in [0.717, 1.165) is 5.69 Å². The quantitative estimate of drug-likeness (QED) is 0.649. The molecule has 1 unspecified atom stereocenters. The van der Waals surface area contributed by atoms with Gasteiger partial charge in [-0.1, -0.05) is 19.0 Å². The van der Waals surface area contributed by atoms with Crippen molar-refractivity contribution in [2.24, 2.45) is 0 Å². The lowest BCUT2D eigenvalue weighted by molar-refractivity contribution is 0.0926. The minimum atomic E-state index is -0.518. The van der Waals surface area contributed by atoms with Gasteiger partial charge in [-0.15, -0.1) is 0 Å². The number of benzene rings is 1. The van der Waals surface area contributed by atoms with Gasteiger partial charge in [-0.3, -0.25) is 9.89 Å². The Kier molecular flexibility index (Phi) is 5.17. The second kappa shape index (κ2) is 7.36. The van der Waals surface area contributed by atoms with Crippen molar-refractivity contribution < 1.29 is 13.7 Å². The third-order valence-electron chi connectivity index (χ3n) is 3.79. The predicted octanol–water partition coefficient (Wildman–Crippen LogP) is 3.98. The molecule has 3 rings (SSSR count). The van der Waals surface area contributed by atoms with E-state index in [2.05, 4.69) is 41.6 Å². The molecule has 1 amide bonds. The fraction of sp³-hybridized carbons (Fsp3) is 0.294. The van der Waals surface area contributed by atoms with Gasteiger partial charge >= 0.3 is 0 Å². The van der Waals surface area contributed by atoms with Crippen molar-refractivity contribution in [1.82, 2.24) is 25.7 Å². The first-order valence-corrected chi connectivity index (χ1v) is 8.80. The van der Waals surface area contributed by atoms with Crippen molar-refractivity contribution in [1.29, 1.82) is 0 Å². The highest BCUT2D eigenvalue weighted by Crippen LogP contribution is 2.26. The number of aromatic amines is 1. The summed E-state index contributed by atoms with van der Waals surface area (Å²) >= 11 is 3.40. The molecule has 9 heteroatoms. The van der Waals surface area contributed by atoms with E-state index in [1.807, 2.05) is 13.8 Å². The molecule has 0 aliphatic rings. The second-order valence-electron chi connectivity index (χ2n) is 6.11. The number of carbonyl (C=O) groups is 1. The van der Waals surface area contributed by atoms with E-state index in [0.29, 0.717) is 15.9 Å². The summed E-state index contributed by atoms with van der Waals surface area (Å²) in [5.74, 6) is 0.0557. The van der Waals surface area contributed by atoms with Gasteiger partial charge in [0.05, 0.1) is 10.2 Å². The molecular weight excluding hydrogens is 405 g/mol. The van der Waals surface area contributed by atoms with Crippen LogP contribution in [-0.4, -0.2) is 26.2 Å². The minimum absolute atomic E-state index is 0.199. The van der Waals surface area contributed by atoms with Crippen LogP contribution < -0.4 is 5.32 Å². The van der Waals surface area contributed by atoms with E-state index in [9.17, 15) is 9.18 Å². The van der Waals surface area contributed by atoms with Crippen LogP contribution in [0.5, 0.6) is 0 Å². The fourth-order valence-electron chi connectivity index (χ4n) is 2.33. The Labute approximate surface area is 157 Å². The highest BCUT2D eigenvalue weighted by molar-refractivity contribution is 9.10. The standard InChI is InChI=1S/C17H17BrFN5O2/c1-8(2)13-12(18)14(23-22-13)16(25)20-9(3)17-21-15(24-26-17)10-4-6-11(19)7-5-10/h4-9H,1-3H3,(H,20,25)(H,22,23). The van der Waals surface area contributed by atoms with Gasteiger partial charge in [-0.25, -0.2) is 4.39 Å². The lowest BCUT2D eigenvalue weighted by Crippen LogP contribution is -2.27. The smallest absolute Gasteiger partial charge is 0.273 e. The van der Waals surface area contributed by atoms with Crippen LogP contribution in [-0.2, 0) is 0 Å². The van der Waals surface area contributed by atoms with Crippen LogP contribution in [0.3, 0.4) is 0 Å². The van der Waals surface area contributed by atoms with Crippen molar-refractivity contribution in [3.63, 3.8) is 0 Å². The number of amides is 1. The molecule has 0 bridgehead atoms. The molecule has 7 nitrogen and oxygen atoms in total.